The van der Waals surface area contributed by atoms with Gasteiger partial charge < -0.3 is 0 Å². The molecule has 1 atom stereocenters. The summed E-state index contributed by atoms with van der Waals surface area (Å²) < 4.78 is 5.30. The van der Waals surface area contributed by atoms with Crippen LogP contribution in [-0.4, -0.2) is 4.57 Å². The monoisotopic (exact) mass is 571 g/mol. The lowest BCUT2D eigenvalue weighted by atomic mass is 9.96. The Kier molecular flexibility index (Phi) is 17.4. The van der Waals surface area contributed by atoms with Gasteiger partial charge in [0, 0.05) is 6.42 Å². The Hall–Kier alpha value is -2.35. The predicted molar refractivity (Wildman–Crippen MR) is 182 cm³/mol. The number of rotatable bonds is 24. The molecule has 2 aromatic carbocycles. The molecule has 0 amide bonds. The molecule has 0 saturated heterocycles. The van der Waals surface area contributed by atoms with Crippen molar-refractivity contribution < 1.29 is 4.57 Å². The van der Waals surface area contributed by atoms with Gasteiger partial charge in [0.1, 0.15) is 11.9 Å². The van der Waals surface area contributed by atoms with E-state index in [0.29, 0.717) is 5.92 Å². The number of imidazole rings is 1. The van der Waals surface area contributed by atoms with Gasteiger partial charge in [-0.3, -0.25) is 0 Å². The number of aromatic nitrogens is 2. The first-order chi connectivity index (χ1) is 20.7. The molecule has 0 aliphatic carbocycles. The zero-order valence-electron chi connectivity index (χ0n) is 27.7. The van der Waals surface area contributed by atoms with E-state index in [0.717, 1.165) is 25.9 Å². The van der Waals surface area contributed by atoms with Crippen molar-refractivity contribution in [2.24, 2.45) is 0 Å². The maximum atomic E-state index is 2.71. The van der Waals surface area contributed by atoms with Crippen LogP contribution in [0.25, 0.3) is 0 Å². The van der Waals surface area contributed by atoms with Crippen LogP contribution in [0.2, 0.25) is 0 Å². The minimum absolute atomic E-state index is 0.519. The summed E-state index contributed by atoms with van der Waals surface area (Å²) in [5, 5.41) is 0. The Morgan fingerprint density at radius 1 is 0.595 bits per heavy atom. The van der Waals surface area contributed by atoms with Gasteiger partial charge >= 0.3 is 0 Å². The van der Waals surface area contributed by atoms with E-state index in [9.17, 15) is 0 Å². The van der Waals surface area contributed by atoms with Crippen LogP contribution >= 0.6 is 0 Å². The quantitative estimate of drug-likeness (QED) is 0.0747. The van der Waals surface area contributed by atoms with Crippen LogP contribution in [-0.2, 0) is 25.9 Å². The summed E-state index contributed by atoms with van der Waals surface area (Å²) in [6, 6.07) is 22.2. The molecule has 0 N–H and O–H groups in total. The van der Waals surface area contributed by atoms with E-state index >= 15 is 0 Å². The third kappa shape index (κ3) is 12.9. The highest BCUT2D eigenvalue weighted by molar-refractivity contribution is 5.21. The molecule has 3 aromatic rings. The molecule has 3 rings (SSSR count). The number of nitrogens with zero attached hydrogens (tertiary/aromatic N) is 2. The molecule has 2 nitrogen and oxygen atoms in total. The van der Waals surface area contributed by atoms with Gasteiger partial charge in [-0.05, 0) is 36.3 Å². The Labute approximate surface area is 260 Å². The standard InChI is InChI=1S/C40H63N2/c1-4-6-8-9-10-11-12-13-14-15-16-17-18-19-26-32-42-39(33-36(3)38-29-24-21-25-30-38)35-41(31-7-5-2)40(42)34-37-27-22-20-23-28-37/h20-25,27-30,35-36H,4-19,26,31-34H2,1-3H3/q+1. The minimum atomic E-state index is 0.519. The molecular weight excluding hydrogens is 508 g/mol. The van der Waals surface area contributed by atoms with Gasteiger partial charge in [-0.1, -0.05) is 171 Å². The molecule has 1 unspecified atom stereocenters. The summed E-state index contributed by atoms with van der Waals surface area (Å²) >= 11 is 0. The Balaban J connectivity index is 1.51. The number of unbranched alkanes of at least 4 members (excludes halogenated alkanes) is 15. The van der Waals surface area contributed by atoms with Crippen LogP contribution in [0.3, 0.4) is 0 Å². The normalized spacial score (nSPS) is 12.2. The number of hydrogen-bond acceptors (Lipinski definition) is 0. The van der Waals surface area contributed by atoms with Crippen molar-refractivity contribution in [3.63, 3.8) is 0 Å². The zero-order chi connectivity index (χ0) is 29.7. The first kappa shape index (κ1) is 34.1. The lowest BCUT2D eigenvalue weighted by molar-refractivity contribution is -0.710. The van der Waals surface area contributed by atoms with Gasteiger partial charge in [0.25, 0.3) is 5.82 Å². The van der Waals surface area contributed by atoms with Crippen LogP contribution in [0.1, 0.15) is 158 Å². The molecule has 0 bridgehead atoms. The summed E-state index contributed by atoms with van der Waals surface area (Å²) in [5.74, 6) is 2.01. The summed E-state index contributed by atoms with van der Waals surface area (Å²) in [6.45, 7) is 9.28. The maximum Gasteiger partial charge on any atom is 0.261 e. The SMILES string of the molecule is CCCCCCCCCCCCCCCCC[n+]1c(CC(C)c2ccccc2)cn(CCCC)c1Cc1ccccc1. The van der Waals surface area contributed by atoms with Gasteiger partial charge in [0.05, 0.1) is 19.5 Å². The number of aryl methyl sites for hydroxylation is 1. The fourth-order valence-electron chi connectivity index (χ4n) is 6.43. The maximum absolute atomic E-state index is 2.71. The Morgan fingerprint density at radius 3 is 1.64 bits per heavy atom. The van der Waals surface area contributed by atoms with Crippen molar-refractivity contribution in [3.8, 4) is 0 Å². The van der Waals surface area contributed by atoms with Crippen molar-refractivity contribution >= 4 is 0 Å². The van der Waals surface area contributed by atoms with Crippen molar-refractivity contribution in [1.29, 1.82) is 0 Å². The fraction of sp³-hybridized carbons (Fsp3) is 0.625. The molecule has 0 radical (unpaired) electrons. The highest BCUT2D eigenvalue weighted by Crippen LogP contribution is 2.21. The van der Waals surface area contributed by atoms with Crippen LogP contribution in [0.4, 0.5) is 0 Å². The van der Waals surface area contributed by atoms with E-state index in [-0.39, 0.29) is 0 Å². The molecule has 2 heteroatoms. The van der Waals surface area contributed by atoms with Crippen LogP contribution in [0, 0.1) is 0 Å². The topological polar surface area (TPSA) is 8.81 Å². The molecular formula is C40H63N2+. The van der Waals surface area contributed by atoms with E-state index < -0.39 is 0 Å². The van der Waals surface area contributed by atoms with Gasteiger partial charge in [-0.2, -0.15) is 0 Å². The van der Waals surface area contributed by atoms with Gasteiger partial charge in [0.2, 0.25) is 0 Å². The summed E-state index contributed by atoms with van der Waals surface area (Å²) in [4.78, 5) is 0. The van der Waals surface area contributed by atoms with Gasteiger partial charge in [0.15, 0.2) is 0 Å². The summed E-state index contributed by atoms with van der Waals surface area (Å²) in [7, 11) is 0. The lowest BCUT2D eigenvalue weighted by Crippen LogP contribution is -2.41. The molecule has 0 spiro atoms. The number of hydrogen-bond donors (Lipinski definition) is 0. The van der Waals surface area contributed by atoms with Crippen molar-refractivity contribution in [2.45, 2.75) is 162 Å². The minimum Gasteiger partial charge on any atom is -0.234 e. The Morgan fingerprint density at radius 2 is 1.10 bits per heavy atom. The molecule has 1 aromatic heterocycles. The third-order valence-corrected chi connectivity index (χ3v) is 9.12. The second kappa shape index (κ2) is 21.4. The summed E-state index contributed by atoms with van der Waals surface area (Å²) in [6.07, 6.45) is 28.3. The molecule has 0 aliphatic rings. The van der Waals surface area contributed by atoms with Gasteiger partial charge in [-0.25, -0.2) is 9.13 Å². The summed E-state index contributed by atoms with van der Waals surface area (Å²) in [5.41, 5.74) is 4.38. The van der Waals surface area contributed by atoms with Crippen LogP contribution in [0.15, 0.2) is 66.9 Å². The average Bonchev–Trinajstić information content (AvgIpc) is 3.33. The molecule has 1 heterocycles. The smallest absolute Gasteiger partial charge is 0.234 e. The second-order valence-electron chi connectivity index (χ2n) is 12.9. The first-order valence-electron chi connectivity index (χ1n) is 17.9. The van der Waals surface area contributed by atoms with E-state index in [4.69, 9.17) is 0 Å². The first-order valence-corrected chi connectivity index (χ1v) is 17.9. The molecule has 42 heavy (non-hydrogen) atoms. The molecule has 0 fully saturated rings. The molecule has 232 valence electrons. The second-order valence-corrected chi connectivity index (χ2v) is 12.9. The highest BCUT2D eigenvalue weighted by atomic mass is 15.2. The fourth-order valence-corrected chi connectivity index (χ4v) is 6.43. The third-order valence-electron chi connectivity index (χ3n) is 9.12. The van der Waals surface area contributed by atoms with Crippen molar-refractivity contribution in [1.82, 2.24) is 4.57 Å². The van der Waals surface area contributed by atoms with Crippen LogP contribution in [0.5, 0.6) is 0 Å². The number of benzene rings is 2. The average molecular weight is 572 g/mol. The van der Waals surface area contributed by atoms with E-state index in [1.807, 2.05) is 0 Å². The van der Waals surface area contributed by atoms with Crippen LogP contribution < -0.4 is 4.57 Å². The highest BCUT2D eigenvalue weighted by Gasteiger charge is 2.25. The van der Waals surface area contributed by atoms with E-state index in [2.05, 4.69) is 96.8 Å². The van der Waals surface area contributed by atoms with E-state index in [1.54, 1.807) is 0 Å². The molecule has 0 aliphatic heterocycles. The lowest BCUT2D eigenvalue weighted by Gasteiger charge is -2.12. The van der Waals surface area contributed by atoms with Crippen molar-refractivity contribution in [3.05, 3.63) is 89.5 Å². The van der Waals surface area contributed by atoms with Crippen molar-refractivity contribution in [2.75, 3.05) is 0 Å². The predicted octanol–water partition coefficient (Wildman–Crippen LogP) is 11.4. The largest absolute Gasteiger partial charge is 0.261 e. The van der Waals surface area contributed by atoms with Gasteiger partial charge in [-0.15, -0.1) is 0 Å². The van der Waals surface area contributed by atoms with E-state index in [1.165, 1.54) is 132 Å². The Bertz CT molecular complexity index is 1050. The molecule has 0 saturated carbocycles. The zero-order valence-corrected chi connectivity index (χ0v) is 27.7.